The molecule has 160 valence electrons. The van der Waals surface area contributed by atoms with E-state index in [-0.39, 0.29) is 11.5 Å². The van der Waals surface area contributed by atoms with Crippen LogP contribution in [0.5, 0.6) is 0 Å². The van der Waals surface area contributed by atoms with Gasteiger partial charge in [0.05, 0.1) is 23.6 Å². The van der Waals surface area contributed by atoms with Crippen LogP contribution >= 0.6 is 0 Å². The van der Waals surface area contributed by atoms with Crippen molar-refractivity contribution in [2.45, 2.75) is 39.2 Å². The molecule has 0 bridgehead atoms. The van der Waals surface area contributed by atoms with Crippen molar-refractivity contribution in [2.24, 2.45) is 11.8 Å². The summed E-state index contributed by atoms with van der Waals surface area (Å²) in [4.78, 5) is 36.6. The fourth-order valence-electron chi connectivity index (χ4n) is 4.94. The molecule has 2 aromatic rings. The molecular formula is C23H30N4O3. The molecule has 3 heterocycles. The zero-order valence-corrected chi connectivity index (χ0v) is 17.7. The van der Waals surface area contributed by atoms with Crippen LogP contribution in [-0.4, -0.2) is 62.9 Å². The van der Waals surface area contributed by atoms with Gasteiger partial charge in [-0.25, -0.2) is 9.78 Å². The molecule has 0 saturated carbocycles. The fourth-order valence-corrected chi connectivity index (χ4v) is 4.94. The molecule has 1 fully saturated rings. The number of fused-ring (bicyclic) bond motifs is 1. The highest BCUT2D eigenvalue weighted by molar-refractivity contribution is 5.97. The number of carbonyl (C=O) groups is 2. The van der Waals surface area contributed by atoms with E-state index in [2.05, 4.69) is 28.7 Å². The molecule has 7 heteroatoms. The van der Waals surface area contributed by atoms with Crippen molar-refractivity contribution in [3.8, 4) is 0 Å². The summed E-state index contributed by atoms with van der Waals surface area (Å²) >= 11 is 0. The van der Waals surface area contributed by atoms with E-state index in [0.717, 1.165) is 32.4 Å². The van der Waals surface area contributed by atoms with Crippen LogP contribution in [0.3, 0.4) is 0 Å². The Hall–Kier alpha value is -2.67. The summed E-state index contributed by atoms with van der Waals surface area (Å²) in [6.45, 7) is 7.98. The van der Waals surface area contributed by atoms with Crippen LogP contribution in [0.1, 0.15) is 64.8 Å². The SMILES string of the molecule is CC(C)CN1CCc2[nH]cnc2C1C1CCN(C(=O)c2cccc(C(=O)O)c2)CC1. The molecule has 30 heavy (non-hydrogen) atoms. The molecule has 0 aliphatic carbocycles. The Balaban J connectivity index is 1.46. The first kappa shape index (κ1) is 20.6. The van der Waals surface area contributed by atoms with Gasteiger partial charge < -0.3 is 15.0 Å². The molecule has 1 saturated heterocycles. The van der Waals surface area contributed by atoms with Crippen molar-refractivity contribution in [3.05, 3.63) is 53.1 Å². The normalized spacial score (nSPS) is 20.4. The summed E-state index contributed by atoms with van der Waals surface area (Å²) in [6, 6.07) is 6.61. The number of nitrogens with zero attached hydrogens (tertiary/aromatic N) is 3. The maximum absolute atomic E-state index is 12.9. The second-order valence-corrected chi connectivity index (χ2v) is 8.87. The highest BCUT2D eigenvalue weighted by atomic mass is 16.4. The van der Waals surface area contributed by atoms with Crippen LogP contribution in [0.2, 0.25) is 0 Å². The zero-order chi connectivity index (χ0) is 21.3. The predicted octanol–water partition coefficient (Wildman–Crippen LogP) is 3.22. The molecule has 1 amide bonds. The van der Waals surface area contributed by atoms with Gasteiger partial charge in [0.2, 0.25) is 0 Å². The lowest BCUT2D eigenvalue weighted by molar-refractivity contribution is 0.0520. The number of carbonyl (C=O) groups excluding carboxylic acids is 1. The third-order valence-electron chi connectivity index (χ3n) is 6.30. The number of imidazole rings is 1. The first-order chi connectivity index (χ1) is 14.4. The third-order valence-corrected chi connectivity index (χ3v) is 6.30. The molecule has 7 nitrogen and oxygen atoms in total. The van der Waals surface area contributed by atoms with E-state index in [1.54, 1.807) is 12.1 Å². The molecule has 1 atom stereocenters. The summed E-state index contributed by atoms with van der Waals surface area (Å²) in [6.07, 6.45) is 4.67. The summed E-state index contributed by atoms with van der Waals surface area (Å²) in [5.41, 5.74) is 3.03. The number of benzene rings is 1. The van der Waals surface area contributed by atoms with Gasteiger partial charge in [0, 0.05) is 43.9 Å². The summed E-state index contributed by atoms with van der Waals surface area (Å²) in [5.74, 6) is -0.0444. The topological polar surface area (TPSA) is 89.5 Å². The molecule has 0 spiro atoms. The molecule has 2 N–H and O–H groups in total. The average molecular weight is 411 g/mol. The number of carboxylic acid groups (broad SMARTS) is 1. The molecule has 1 unspecified atom stereocenters. The second kappa shape index (κ2) is 8.60. The largest absolute Gasteiger partial charge is 0.478 e. The number of piperidine rings is 1. The van der Waals surface area contributed by atoms with Crippen molar-refractivity contribution < 1.29 is 14.7 Å². The van der Waals surface area contributed by atoms with Crippen LogP contribution in [0.4, 0.5) is 0 Å². The van der Waals surface area contributed by atoms with Gasteiger partial charge in [0.1, 0.15) is 0 Å². The average Bonchev–Trinajstić information content (AvgIpc) is 3.22. The summed E-state index contributed by atoms with van der Waals surface area (Å²) in [5, 5.41) is 9.19. The van der Waals surface area contributed by atoms with Crippen LogP contribution in [0.15, 0.2) is 30.6 Å². The summed E-state index contributed by atoms with van der Waals surface area (Å²) < 4.78 is 0. The minimum Gasteiger partial charge on any atom is -0.478 e. The number of aromatic nitrogens is 2. The van der Waals surface area contributed by atoms with Gasteiger partial charge in [-0.1, -0.05) is 19.9 Å². The van der Waals surface area contributed by atoms with Crippen LogP contribution in [0, 0.1) is 11.8 Å². The van der Waals surface area contributed by atoms with Crippen molar-refractivity contribution in [2.75, 3.05) is 26.2 Å². The minimum atomic E-state index is -1.01. The Morgan fingerprint density at radius 3 is 2.63 bits per heavy atom. The number of nitrogens with one attached hydrogen (secondary N) is 1. The molecule has 2 aliphatic heterocycles. The molecule has 0 radical (unpaired) electrons. The number of carboxylic acids is 1. The highest BCUT2D eigenvalue weighted by Crippen LogP contribution is 2.39. The van der Waals surface area contributed by atoms with Crippen molar-refractivity contribution in [1.29, 1.82) is 0 Å². The molecule has 4 rings (SSSR count). The monoisotopic (exact) mass is 410 g/mol. The zero-order valence-electron chi connectivity index (χ0n) is 17.7. The van der Waals surface area contributed by atoms with Crippen molar-refractivity contribution in [1.82, 2.24) is 19.8 Å². The Bertz CT molecular complexity index is 915. The first-order valence-corrected chi connectivity index (χ1v) is 10.8. The number of rotatable bonds is 5. The Morgan fingerprint density at radius 2 is 1.93 bits per heavy atom. The predicted molar refractivity (Wildman–Crippen MR) is 113 cm³/mol. The number of hydrogen-bond donors (Lipinski definition) is 2. The molecule has 1 aromatic carbocycles. The van der Waals surface area contributed by atoms with E-state index in [9.17, 15) is 14.7 Å². The Labute approximate surface area is 177 Å². The van der Waals surface area contributed by atoms with Gasteiger partial charge in [-0.15, -0.1) is 0 Å². The maximum Gasteiger partial charge on any atom is 0.335 e. The van der Waals surface area contributed by atoms with E-state index in [1.807, 2.05) is 11.2 Å². The van der Waals surface area contributed by atoms with E-state index in [0.29, 0.717) is 36.5 Å². The molecular weight excluding hydrogens is 380 g/mol. The lowest BCUT2D eigenvalue weighted by Gasteiger charge is -2.43. The quantitative estimate of drug-likeness (QED) is 0.790. The van der Waals surface area contributed by atoms with Gasteiger partial charge in [-0.3, -0.25) is 9.69 Å². The highest BCUT2D eigenvalue weighted by Gasteiger charge is 2.38. The number of aromatic carboxylic acids is 1. The van der Waals surface area contributed by atoms with Gasteiger partial charge >= 0.3 is 5.97 Å². The van der Waals surface area contributed by atoms with Crippen LogP contribution < -0.4 is 0 Å². The van der Waals surface area contributed by atoms with Gasteiger partial charge in [-0.05, 0) is 42.9 Å². The minimum absolute atomic E-state index is 0.0836. The van der Waals surface area contributed by atoms with Crippen molar-refractivity contribution >= 4 is 11.9 Å². The fraction of sp³-hybridized carbons (Fsp3) is 0.522. The van der Waals surface area contributed by atoms with E-state index < -0.39 is 5.97 Å². The number of H-pyrrole nitrogens is 1. The number of likely N-dealkylation sites (tertiary alicyclic amines) is 1. The van der Waals surface area contributed by atoms with Crippen molar-refractivity contribution in [3.63, 3.8) is 0 Å². The number of hydrogen-bond acceptors (Lipinski definition) is 4. The third kappa shape index (κ3) is 4.12. The van der Waals surface area contributed by atoms with Crippen LogP contribution in [0.25, 0.3) is 0 Å². The Kier molecular flexibility index (Phi) is 5.90. The van der Waals surface area contributed by atoms with E-state index >= 15 is 0 Å². The number of amides is 1. The van der Waals surface area contributed by atoms with Gasteiger partial charge in [-0.2, -0.15) is 0 Å². The van der Waals surface area contributed by atoms with Crippen LogP contribution in [-0.2, 0) is 6.42 Å². The molecule has 1 aromatic heterocycles. The lowest BCUT2D eigenvalue weighted by Crippen LogP contribution is -2.46. The lowest BCUT2D eigenvalue weighted by atomic mass is 9.83. The summed E-state index contributed by atoms with van der Waals surface area (Å²) in [7, 11) is 0. The Morgan fingerprint density at radius 1 is 1.20 bits per heavy atom. The van der Waals surface area contributed by atoms with Gasteiger partial charge in [0.25, 0.3) is 5.91 Å². The van der Waals surface area contributed by atoms with Gasteiger partial charge in [0.15, 0.2) is 0 Å². The second-order valence-electron chi connectivity index (χ2n) is 8.87. The number of aromatic amines is 1. The maximum atomic E-state index is 12.9. The van der Waals surface area contributed by atoms with E-state index in [1.165, 1.54) is 23.5 Å². The first-order valence-electron chi connectivity index (χ1n) is 10.8. The standard InChI is InChI=1S/C23H30N4O3/c1-15(2)13-27-11-8-19-20(25-14-24-19)21(27)16-6-9-26(10-7-16)22(28)17-4-3-5-18(12-17)23(29)30/h3-5,12,14-16,21H,6-11,13H2,1-2H3,(H,24,25)(H,29,30). The molecule has 2 aliphatic rings. The smallest absolute Gasteiger partial charge is 0.335 e. The van der Waals surface area contributed by atoms with E-state index in [4.69, 9.17) is 0 Å².